The van der Waals surface area contributed by atoms with E-state index < -0.39 is 51.5 Å². The Morgan fingerprint density at radius 3 is 2.37 bits per heavy atom. The standard InChI is InChI=1S/C25H27F5N6O4S/c1-34-14-21(35(16-31)15-22(34)37)25(39)36(19-4-6-20(7-5-19)41(26,27,28,29)30)23(17-3-2-10-32-13-17)24(38)33-18-8-11-40-12-9-18/h2-7,10,13,18,21,23H,8-9,11-12,14-15H2,1H3,(H,33,38)/t21-,23?/m1/s1. The third-order valence-electron chi connectivity index (χ3n) is 6.84. The predicted octanol–water partition coefficient (Wildman–Crippen LogP) is 3.73. The van der Waals surface area contributed by atoms with Gasteiger partial charge < -0.3 is 15.0 Å². The molecule has 2 aliphatic heterocycles. The number of piperazine rings is 1. The van der Waals surface area contributed by atoms with Crippen molar-refractivity contribution < 1.29 is 38.5 Å². The molecule has 0 saturated carbocycles. The number of anilines is 1. The summed E-state index contributed by atoms with van der Waals surface area (Å²) >= 11 is 0. The van der Waals surface area contributed by atoms with Crippen molar-refractivity contribution in [2.75, 3.05) is 38.3 Å². The molecule has 3 amide bonds. The molecule has 16 heteroatoms. The number of halogens is 5. The number of nitrogens with one attached hydrogen (secondary N) is 1. The normalized spacial score (nSPS) is 20.8. The molecule has 0 aliphatic carbocycles. The van der Waals surface area contributed by atoms with Crippen molar-refractivity contribution in [1.29, 1.82) is 5.26 Å². The zero-order chi connectivity index (χ0) is 30.1. The Morgan fingerprint density at radius 2 is 1.80 bits per heavy atom. The van der Waals surface area contributed by atoms with Crippen LogP contribution in [0, 0.1) is 11.5 Å². The maximum absolute atomic E-state index is 14.2. The number of carbonyl (C=O) groups is 3. The second kappa shape index (κ2) is 10.5. The van der Waals surface area contributed by atoms with Gasteiger partial charge in [-0.1, -0.05) is 25.5 Å². The minimum atomic E-state index is -10.0. The van der Waals surface area contributed by atoms with Gasteiger partial charge in [0.1, 0.15) is 23.5 Å². The Bertz CT molecular complexity index is 1350. The van der Waals surface area contributed by atoms with E-state index in [1.165, 1.54) is 36.5 Å². The molecule has 1 N–H and O–H groups in total. The highest BCUT2D eigenvalue weighted by Crippen LogP contribution is 3.02. The van der Waals surface area contributed by atoms with Gasteiger partial charge in [-0.3, -0.25) is 29.2 Å². The van der Waals surface area contributed by atoms with Crippen LogP contribution in [0.1, 0.15) is 24.4 Å². The summed E-state index contributed by atoms with van der Waals surface area (Å²) in [4.78, 5) is 44.9. The average molecular weight is 603 g/mol. The van der Waals surface area contributed by atoms with Crippen molar-refractivity contribution in [3.05, 3.63) is 54.4 Å². The summed E-state index contributed by atoms with van der Waals surface area (Å²) in [6, 6.07) is 1.41. The summed E-state index contributed by atoms with van der Waals surface area (Å²) in [6.45, 7) is 0.0277. The number of hydrogen-bond acceptors (Lipinski definition) is 7. The van der Waals surface area contributed by atoms with Crippen LogP contribution < -0.4 is 10.2 Å². The highest BCUT2D eigenvalue weighted by Gasteiger charge is 2.65. The molecule has 222 valence electrons. The molecule has 0 bridgehead atoms. The number of likely N-dealkylation sites (N-methyl/N-ethyl adjacent to an activating group) is 1. The van der Waals surface area contributed by atoms with E-state index >= 15 is 0 Å². The fraction of sp³-hybridized carbons (Fsp3) is 0.400. The number of carbonyl (C=O) groups excluding carboxylic acids is 3. The van der Waals surface area contributed by atoms with E-state index in [-0.39, 0.29) is 36.0 Å². The summed E-state index contributed by atoms with van der Waals surface area (Å²) in [5, 5.41) is 12.5. The topological polar surface area (TPSA) is 119 Å². The van der Waals surface area contributed by atoms with Gasteiger partial charge in [0, 0.05) is 49.9 Å². The molecule has 0 radical (unpaired) electrons. The van der Waals surface area contributed by atoms with Gasteiger partial charge in [-0.15, -0.1) is 0 Å². The van der Waals surface area contributed by atoms with Crippen LogP contribution in [0.15, 0.2) is 53.7 Å². The second-order valence-corrected chi connectivity index (χ2v) is 12.2. The fourth-order valence-corrected chi connectivity index (χ4v) is 5.31. The molecule has 1 aromatic heterocycles. The third kappa shape index (κ3) is 6.85. The van der Waals surface area contributed by atoms with Crippen LogP contribution in [0.5, 0.6) is 0 Å². The van der Waals surface area contributed by atoms with Gasteiger partial charge >= 0.3 is 10.2 Å². The quantitative estimate of drug-likeness (QED) is 0.379. The fourth-order valence-electron chi connectivity index (χ4n) is 4.66. The Labute approximate surface area is 232 Å². The van der Waals surface area contributed by atoms with Gasteiger partial charge in [-0.2, -0.15) is 5.26 Å². The van der Waals surface area contributed by atoms with Gasteiger partial charge in [0.15, 0.2) is 6.19 Å². The van der Waals surface area contributed by atoms with Gasteiger partial charge in [0.25, 0.3) is 5.91 Å². The minimum Gasteiger partial charge on any atom is -0.381 e. The predicted molar refractivity (Wildman–Crippen MR) is 138 cm³/mol. The largest absolute Gasteiger partial charge is 0.381 e. The number of aromatic nitrogens is 1. The summed E-state index contributed by atoms with van der Waals surface area (Å²) in [5.41, 5.74) is -0.139. The number of nitrogens with zero attached hydrogens (tertiary/aromatic N) is 5. The number of hydrogen-bond donors (Lipinski definition) is 1. The first kappa shape index (κ1) is 30.0. The third-order valence-corrected chi connectivity index (χ3v) is 8.00. The molecular formula is C25H27F5N6O4S. The zero-order valence-electron chi connectivity index (χ0n) is 21.8. The first-order valence-corrected chi connectivity index (χ1v) is 14.4. The highest BCUT2D eigenvalue weighted by atomic mass is 32.5. The lowest BCUT2D eigenvalue weighted by Gasteiger charge is -2.42. The Hall–Kier alpha value is -3.97. The van der Waals surface area contributed by atoms with Crippen LogP contribution >= 0.6 is 10.2 Å². The van der Waals surface area contributed by atoms with Crippen molar-refractivity contribution in [2.24, 2.45) is 0 Å². The number of amides is 3. The second-order valence-electron chi connectivity index (χ2n) is 9.77. The summed E-state index contributed by atoms with van der Waals surface area (Å²) < 4.78 is 72.7. The van der Waals surface area contributed by atoms with E-state index in [0.717, 1.165) is 9.80 Å². The molecular weight excluding hydrogens is 575 g/mol. The van der Waals surface area contributed by atoms with Crippen molar-refractivity contribution in [2.45, 2.75) is 35.9 Å². The Morgan fingerprint density at radius 1 is 1.15 bits per heavy atom. The molecule has 1 aromatic carbocycles. The number of benzene rings is 1. The van der Waals surface area contributed by atoms with Crippen molar-refractivity contribution in [1.82, 2.24) is 20.1 Å². The molecule has 1 unspecified atom stereocenters. The lowest BCUT2D eigenvalue weighted by atomic mass is 10.0. The first-order chi connectivity index (χ1) is 19.1. The highest BCUT2D eigenvalue weighted by molar-refractivity contribution is 8.45. The number of nitriles is 1. The maximum Gasteiger partial charge on any atom is 0.310 e. The molecule has 2 atom stereocenters. The van der Waals surface area contributed by atoms with Crippen LogP contribution in [-0.2, 0) is 19.1 Å². The number of rotatable bonds is 7. The van der Waals surface area contributed by atoms with E-state index in [0.29, 0.717) is 38.2 Å². The van der Waals surface area contributed by atoms with Crippen LogP contribution in [0.4, 0.5) is 25.1 Å². The maximum atomic E-state index is 14.2. The number of ether oxygens (including phenoxy) is 1. The lowest BCUT2D eigenvalue weighted by Crippen LogP contribution is -2.60. The van der Waals surface area contributed by atoms with E-state index in [1.807, 2.05) is 0 Å². The van der Waals surface area contributed by atoms with Crippen LogP contribution in [-0.4, -0.2) is 77.9 Å². The van der Waals surface area contributed by atoms with Gasteiger partial charge in [0.05, 0.1) is 6.54 Å². The molecule has 10 nitrogen and oxygen atoms in total. The molecule has 3 heterocycles. The zero-order valence-corrected chi connectivity index (χ0v) is 22.6. The van der Waals surface area contributed by atoms with Crippen LogP contribution in [0.2, 0.25) is 0 Å². The molecule has 41 heavy (non-hydrogen) atoms. The summed E-state index contributed by atoms with van der Waals surface area (Å²) in [6.07, 6.45) is 5.41. The van der Waals surface area contributed by atoms with E-state index in [9.17, 15) is 39.1 Å². The summed E-state index contributed by atoms with van der Waals surface area (Å²) in [5.74, 6) is -2.08. The van der Waals surface area contributed by atoms with Crippen molar-refractivity contribution in [3.63, 3.8) is 0 Å². The van der Waals surface area contributed by atoms with Gasteiger partial charge in [-0.25, -0.2) is 0 Å². The molecule has 2 saturated heterocycles. The Kier molecular flexibility index (Phi) is 7.65. The molecule has 2 aromatic rings. The van der Waals surface area contributed by atoms with E-state index in [2.05, 4.69) is 10.3 Å². The molecule has 2 fully saturated rings. The average Bonchev–Trinajstić information content (AvgIpc) is 2.92. The van der Waals surface area contributed by atoms with Crippen molar-refractivity contribution >= 4 is 33.6 Å². The first-order valence-electron chi connectivity index (χ1n) is 12.4. The molecule has 2 aliphatic rings. The van der Waals surface area contributed by atoms with Crippen LogP contribution in [0.3, 0.4) is 0 Å². The van der Waals surface area contributed by atoms with Gasteiger partial charge in [0.2, 0.25) is 11.8 Å². The smallest absolute Gasteiger partial charge is 0.310 e. The molecule has 0 spiro atoms. The lowest BCUT2D eigenvalue weighted by molar-refractivity contribution is -0.139. The summed E-state index contributed by atoms with van der Waals surface area (Å²) in [7, 11) is -8.64. The van der Waals surface area contributed by atoms with Gasteiger partial charge in [-0.05, 0) is 43.2 Å². The minimum absolute atomic E-state index is 0.145. The van der Waals surface area contributed by atoms with E-state index in [4.69, 9.17) is 4.74 Å². The van der Waals surface area contributed by atoms with Crippen molar-refractivity contribution in [3.8, 4) is 6.19 Å². The number of pyridine rings is 1. The SMILES string of the molecule is CN1C[C@H](C(=O)N(c2ccc(S(F)(F)(F)(F)F)cc2)C(C(=O)NC2CCOCC2)c2cccnc2)N(C#N)CC1=O. The van der Waals surface area contributed by atoms with Crippen LogP contribution in [0.25, 0.3) is 0 Å². The Balaban J connectivity index is 1.84. The molecule has 4 rings (SSSR count). The van der Waals surface area contributed by atoms with E-state index in [1.54, 1.807) is 6.19 Å². The monoisotopic (exact) mass is 602 g/mol.